The number of carboxylic acid groups (broad SMARTS) is 1. The average Bonchev–Trinajstić information content (AvgIpc) is 3.51. The summed E-state index contributed by atoms with van der Waals surface area (Å²) >= 11 is 2.91. The number of carboxylic acids is 1. The molecule has 5 N–H and O–H groups in total. The van der Waals surface area contributed by atoms with Crippen LogP contribution in [0.5, 0.6) is 0 Å². The quantitative estimate of drug-likeness (QED) is 0.349. The van der Waals surface area contributed by atoms with E-state index in [1.165, 1.54) is 16.7 Å². The first kappa shape index (κ1) is 26.6. The summed E-state index contributed by atoms with van der Waals surface area (Å²) in [6.45, 7) is 6.01. The maximum atomic E-state index is 12.9. The van der Waals surface area contributed by atoms with Crippen molar-refractivity contribution < 1.29 is 29.5 Å². The number of nitrogens with zero attached hydrogens (tertiary/aromatic N) is 2. The van der Waals surface area contributed by atoms with Crippen LogP contribution in [0.3, 0.4) is 0 Å². The number of benzene rings is 1. The molecule has 10 nitrogen and oxygen atoms in total. The second kappa shape index (κ2) is 10.9. The summed E-state index contributed by atoms with van der Waals surface area (Å²) in [6.07, 6.45) is -0.173. The summed E-state index contributed by atoms with van der Waals surface area (Å²) < 4.78 is 5.33. The zero-order valence-corrected chi connectivity index (χ0v) is 22.4. The van der Waals surface area contributed by atoms with Crippen molar-refractivity contribution in [2.75, 3.05) is 28.6 Å². The topological polar surface area (TPSA) is 137 Å². The number of rotatable bonds is 7. The van der Waals surface area contributed by atoms with Crippen molar-refractivity contribution >= 4 is 62.8 Å². The molecule has 0 radical (unpaired) electrons. The molecule has 1 fully saturated rings. The van der Waals surface area contributed by atoms with E-state index in [0.717, 1.165) is 11.4 Å². The van der Waals surface area contributed by atoms with Crippen LogP contribution >= 0.6 is 22.7 Å². The Balaban J connectivity index is 1.42. The predicted octanol–water partition coefficient (Wildman–Crippen LogP) is 4.12. The number of ether oxygens (including phenoxy) is 1. The lowest BCUT2D eigenvalue weighted by atomic mass is 9.87. The second-order valence-electron chi connectivity index (χ2n) is 9.77. The van der Waals surface area contributed by atoms with Crippen LogP contribution in [0.25, 0.3) is 0 Å². The van der Waals surface area contributed by atoms with E-state index in [2.05, 4.69) is 15.6 Å². The van der Waals surface area contributed by atoms with Crippen LogP contribution in [0, 0.1) is 0 Å². The number of quaternary nitrogens is 1. The van der Waals surface area contributed by atoms with Gasteiger partial charge in [0.25, 0.3) is 5.91 Å². The molecule has 0 unspecified atom stereocenters. The van der Waals surface area contributed by atoms with E-state index in [9.17, 15) is 19.5 Å². The molecule has 0 bridgehead atoms. The number of primary amides is 1. The van der Waals surface area contributed by atoms with Crippen molar-refractivity contribution in [1.29, 1.82) is 0 Å². The van der Waals surface area contributed by atoms with Crippen molar-refractivity contribution in [1.82, 2.24) is 4.98 Å². The minimum Gasteiger partial charge on any atom is -0.477 e. The van der Waals surface area contributed by atoms with Gasteiger partial charge < -0.3 is 25.4 Å². The highest BCUT2D eigenvalue weighted by molar-refractivity contribution is 7.14. The summed E-state index contributed by atoms with van der Waals surface area (Å²) in [7, 11) is 0. The number of para-hydroxylation sites is 2. The summed E-state index contributed by atoms with van der Waals surface area (Å²) in [5.41, 5.74) is 0.592. The molecule has 196 valence electrons. The number of thiophene rings is 1. The standard InChI is InChI=1S/C25H29N5O5S2/c1-24(2,3)35-23(34)29-25(21(32)33)9-11-30(12-10-25)19-7-5-4-6-17(19)27-20(31)18-15-37-22(28-18)26-16-8-13-36-14-16/h4-8,13-15H,9-12H2,1-3H3,(H,26,28)(H,27,31)(H,29,34)(H,32,33)/p+1. The molecule has 0 atom stereocenters. The predicted molar refractivity (Wildman–Crippen MR) is 144 cm³/mol. The summed E-state index contributed by atoms with van der Waals surface area (Å²) in [5, 5.41) is 23.5. The molecule has 0 aliphatic carbocycles. The first-order chi connectivity index (χ1) is 17.5. The molecule has 2 amide bonds. The van der Waals surface area contributed by atoms with E-state index >= 15 is 0 Å². The Bertz CT molecular complexity index is 1260. The number of anilines is 4. The third kappa shape index (κ3) is 6.64. The van der Waals surface area contributed by atoms with Gasteiger partial charge in [0, 0.05) is 36.7 Å². The zero-order chi connectivity index (χ0) is 26.6. The fourth-order valence-corrected chi connectivity index (χ4v) is 5.36. The largest absolute Gasteiger partial charge is 0.514 e. The molecular formula is C25H30N5O5S2+. The van der Waals surface area contributed by atoms with Crippen LogP contribution in [0.2, 0.25) is 0 Å². The Kier molecular flexibility index (Phi) is 7.81. The van der Waals surface area contributed by atoms with Crippen molar-refractivity contribution in [2.45, 2.75) is 44.8 Å². The first-order valence-electron chi connectivity index (χ1n) is 11.8. The molecule has 1 aliphatic rings. The van der Waals surface area contributed by atoms with Crippen LogP contribution in [-0.2, 0) is 9.53 Å². The van der Waals surface area contributed by atoms with Crippen LogP contribution in [0.15, 0.2) is 46.5 Å². The highest BCUT2D eigenvalue weighted by Crippen LogP contribution is 2.31. The number of nitrogens with one attached hydrogen (secondary N) is 2. The van der Waals surface area contributed by atoms with Gasteiger partial charge in [-0.1, -0.05) is 12.1 Å². The van der Waals surface area contributed by atoms with E-state index in [1.807, 2.05) is 39.9 Å². The van der Waals surface area contributed by atoms with Gasteiger partial charge in [-0.25, -0.2) is 15.1 Å². The van der Waals surface area contributed by atoms with Crippen LogP contribution in [-0.4, -0.2) is 52.3 Å². The Hall–Kier alpha value is -3.48. The van der Waals surface area contributed by atoms with Gasteiger partial charge in [-0.05, 0) is 44.4 Å². The average molecular weight is 545 g/mol. The Labute approximate surface area is 222 Å². The molecular weight excluding hydrogens is 514 g/mol. The maximum absolute atomic E-state index is 12.9. The highest BCUT2D eigenvalue weighted by atomic mass is 32.1. The van der Waals surface area contributed by atoms with Gasteiger partial charge in [-0.3, -0.25) is 4.79 Å². The molecule has 2 aromatic heterocycles. The minimum absolute atomic E-state index is 0.230. The molecule has 12 heteroatoms. The fraction of sp³-hybridized carbons (Fsp3) is 0.360. The highest BCUT2D eigenvalue weighted by Gasteiger charge is 2.48. The molecule has 3 aromatic rings. The third-order valence-electron chi connectivity index (χ3n) is 5.88. The number of piperidine rings is 1. The Morgan fingerprint density at radius 1 is 1.14 bits per heavy atom. The van der Waals surface area contributed by atoms with E-state index < -0.39 is 23.2 Å². The SMILES string of the molecule is CC(C)(C)OC(=O)[NH2+]C1(C(=O)O)CCN(c2ccccc2NC(=O)c2csc(Nc3ccsc3)n2)CC1. The number of amides is 2. The lowest BCUT2D eigenvalue weighted by Gasteiger charge is -2.38. The lowest BCUT2D eigenvalue weighted by molar-refractivity contribution is -0.640. The van der Waals surface area contributed by atoms with E-state index in [0.29, 0.717) is 29.6 Å². The molecule has 0 spiro atoms. The molecule has 4 rings (SSSR count). The lowest BCUT2D eigenvalue weighted by Crippen LogP contribution is -3.02. The van der Waals surface area contributed by atoms with Crippen molar-refractivity contribution in [2.24, 2.45) is 0 Å². The van der Waals surface area contributed by atoms with Crippen LogP contribution < -0.4 is 20.9 Å². The number of aliphatic carboxylic acids is 1. The first-order valence-corrected chi connectivity index (χ1v) is 13.6. The summed E-state index contributed by atoms with van der Waals surface area (Å²) in [5.74, 6) is -1.38. The van der Waals surface area contributed by atoms with Crippen molar-refractivity contribution in [3.05, 3.63) is 52.2 Å². The van der Waals surface area contributed by atoms with E-state index in [1.54, 1.807) is 43.6 Å². The van der Waals surface area contributed by atoms with Crippen LogP contribution in [0.4, 0.5) is 27.0 Å². The number of carbonyl (C=O) groups excluding carboxylic acids is 2. The van der Waals surface area contributed by atoms with Gasteiger partial charge in [0.1, 0.15) is 11.3 Å². The minimum atomic E-state index is -1.30. The number of hydrogen-bond donors (Lipinski definition) is 4. The fourth-order valence-electron chi connectivity index (χ4n) is 4.06. The van der Waals surface area contributed by atoms with E-state index in [-0.39, 0.29) is 18.7 Å². The van der Waals surface area contributed by atoms with Gasteiger partial charge in [0.15, 0.2) is 5.13 Å². The Morgan fingerprint density at radius 2 is 1.86 bits per heavy atom. The number of nitrogens with two attached hydrogens (primary N) is 1. The number of aromatic nitrogens is 1. The van der Waals surface area contributed by atoms with Gasteiger partial charge in [-0.2, -0.15) is 16.1 Å². The Morgan fingerprint density at radius 3 is 2.51 bits per heavy atom. The van der Waals surface area contributed by atoms with Crippen molar-refractivity contribution in [3.63, 3.8) is 0 Å². The molecule has 1 aliphatic heterocycles. The van der Waals surface area contributed by atoms with Gasteiger partial charge >= 0.3 is 12.1 Å². The number of carbonyl (C=O) groups is 3. The molecule has 1 aromatic carbocycles. The molecule has 0 saturated carbocycles. The van der Waals surface area contributed by atoms with Crippen LogP contribution in [0.1, 0.15) is 44.1 Å². The van der Waals surface area contributed by atoms with Gasteiger partial charge in [-0.15, -0.1) is 11.3 Å². The smallest absolute Gasteiger partial charge is 0.477 e. The maximum Gasteiger partial charge on any atom is 0.514 e. The number of thiazole rings is 1. The van der Waals surface area contributed by atoms with Gasteiger partial charge in [0.05, 0.1) is 17.1 Å². The van der Waals surface area contributed by atoms with E-state index in [4.69, 9.17) is 4.74 Å². The normalized spacial score (nSPS) is 15.2. The second-order valence-corrected chi connectivity index (χ2v) is 11.4. The molecule has 1 saturated heterocycles. The number of hydrogen-bond acceptors (Lipinski definition) is 9. The summed E-state index contributed by atoms with van der Waals surface area (Å²) in [4.78, 5) is 43.9. The molecule has 37 heavy (non-hydrogen) atoms. The van der Waals surface area contributed by atoms with Crippen molar-refractivity contribution in [3.8, 4) is 0 Å². The summed E-state index contributed by atoms with van der Waals surface area (Å²) in [6, 6.07) is 9.31. The zero-order valence-electron chi connectivity index (χ0n) is 20.8. The van der Waals surface area contributed by atoms with Gasteiger partial charge in [0.2, 0.25) is 5.54 Å². The third-order valence-corrected chi connectivity index (χ3v) is 7.33. The molecule has 3 heterocycles. The monoisotopic (exact) mass is 544 g/mol.